The molecule has 1 aliphatic rings. The molecule has 0 bridgehead atoms. The summed E-state index contributed by atoms with van der Waals surface area (Å²) < 4.78 is 12.6. The highest BCUT2D eigenvalue weighted by atomic mass is 79.9. The van der Waals surface area contributed by atoms with Crippen LogP contribution in [0.1, 0.15) is 17.5 Å². The lowest BCUT2D eigenvalue weighted by Crippen LogP contribution is -2.30. The topological polar surface area (TPSA) is 42.8 Å². The molecule has 120 valence electrons. The third kappa shape index (κ3) is 3.67. The van der Waals surface area contributed by atoms with Crippen molar-refractivity contribution in [2.45, 2.75) is 13.0 Å². The molecule has 0 spiro atoms. The fourth-order valence-corrected chi connectivity index (χ4v) is 2.89. The molecule has 2 aromatic carbocycles. The Hall–Kier alpha value is -2.01. The lowest BCUT2D eigenvalue weighted by atomic mass is 10.1. The van der Waals surface area contributed by atoms with Crippen LogP contribution in [0.2, 0.25) is 0 Å². The number of para-hydroxylation sites is 1. The number of hydrogen-bond donors (Lipinski definition) is 1. The van der Waals surface area contributed by atoms with E-state index in [9.17, 15) is 0 Å². The summed E-state index contributed by atoms with van der Waals surface area (Å²) in [7, 11) is 1.65. The first-order valence-electron chi connectivity index (χ1n) is 7.61. The summed E-state index contributed by atoms with van der Waals surface area (Å²) in [6.45, 7) is 2.23. The van der Waals surface area contributed by atoms with E-state index in [1.807, 2.05) is 42.5 Å². The Kier molecular flexibility index (Phi) is 5.18. The molecule has 0 radical (unpaired) electrons. The molecule has 0 fully saturated rings. The molecular formula is C18H19BrN2O2. The second kappa shape index (κ2) is 7.51. The zero-order valence-electron chi connectivity index (χ0n) is 13.0. The minimum absolute atomic E-state index is 0.460. The summed E-state index contributed by atoms with van der Waals surface area (Å²) in [6, 6.07) is 13.9. The van der Waals surface area contributed by atoms with E-state index in [0.717, 1.165) is 46.7 Å². The highest BCUT2D eigenvalue weighted by Crippen LogP contribution is 2.33. The van der Waals surface area contributed by atoms with E-state index < -0.39 is 0 Å². The van der Waals surface area contributed by atoms with E-state index in [4.69, 9.17) is 9.47 Å². The Morgan fingerprint density at radius 1 is 1.17 bits per heavy atom. The molecule has 4 nitrogen and oxygen atoms in total. The largest absolute Gasteiger partial charge is 0.493 e. The molecular weight excluding hydrogens is 356 g/mol. The standard InChI is InChI=1S/C18H19BrN2O2/c1-22-16-9-4-7-14(18-20-10-5-11-21-18)17(16)23-12-13-6-2-3-8-15(13)19/h2-4,6-9H,5,10-12H2,1H3,(H,20,21). The molecule has 0 atom stereocenters. The average Bonchev–Trinajstić information content (AvgIpc) is 2.61. The van der Waals surface area contributed by atoms with Gasteiger partial charge in [0.05, 0.1) is 12.7 Å². The Bertz CT molecular complexity index is 716. The Labute approximate surface area is 144 Å². The molecule has 1 heterocycles. The summed E-state index contributed by atoms with van der Waals surface area (Å²) in [5.41, 5.74) is 2.03. The average molecular weight is 375 g/mol. The summed E-state index contributed by atoms with van der Waals surface area (Å²) in [4.78, 5) is 4.57. The number of benzene rings is 2. The van der Waals surface area contributed by atoms with Gasteiger partial charge in [0.1, 0.15) is 12.4 Å². The summed E-state index contributed by atoms with van der Waals surface area (Å²) >= 11 is 3.55. The van der Waals surface area contributed by atoms with E-state index in [1.54, 1.807) is 7.11 Å². The molecule has 1 aliphatic heterocycles. The van der Waals surface area contributed by atoms with E-state index in [2.05, 4.69) is 26.2 Å². The maximum absolute atomic E-state index is 6.10. The monoisotopic (exact) mass is 374 g/mol. The van der Waals surface area contributed by atoms with Crippen LogP contribution >= 0.6 is 15.9 Å². The van der Waals surface area contributed by atoms with Gasteiger partial charge in [-0.3, -0.25) is 4.99 Å². The molecule has 0 saturated heterocycles. The predicted octanol–water partition coefficient (Wildman–Crippen LogP) is 3.78. The zero-order chi connectivity index (χ0) is 16.1. The Morgan fingerprint density at radius 3 is 2.78 bits per heavy atom. The quantitative estimate of drug-likeness (QED) is 0.865. The van der Waals surface area contributed by atoms with Crippen LogP contribution in [-0.2, 0) is 6.61 Å². The van der Waals surface area contributed by atoms with Gasteiger partial charge in [-0.05, 0) is 24.6 Å². The molecule has 5 heteroatoms. The summed E-state index contributed by atoms with van der Waals surface area (Å²) in [5, 5.41) is 3.34. The van der Waals surface area contributed by atoms with Crippen molar-refractivity contribution < 1.29 is 9.47 Å². The van der Waals surface area contributed by atoms with Gasteiger partial charge in [0.25, 0.3) is 0 Å². The van der Waals surface area contributed by atoms with Gasteiger partial charge >= 0.3 is 0 Å². The lowest BCUT2D eigenvalue weighted by molar-refractivity contribution is 0.283. The van der Waals surface area contributed by atoms with Gasteiger partial charge in [-0.25, -0.2) is 0 Å². The number of nitrogens with zero attached hydrogens (tertiary/aromatic N) is 1. The molecule has 0 aromatic heterocycles. The third-order valence-corrected chi connectivity index (χ3v) is 4.45. The van der Waals surface area contributed by atoms with E-state index >= 15 is 0 Å². The number of amidine groups is 1. The van der Waals surface area contributed by atoms with E-state index in [0.29, 0.717) is 12.4 Å². The number of nitrogens with one attached hydrogen (secondary N) is 1. The van der Waals surface area contributed by atoms with Crippen molar-refractivity contribution in [1.29, 1.82) is 0 Å². The minimum Gasteiger partial charge on any atom is -0.493 e. The van der Waals surface area contributed by atoms with E-state index in [-0.39, 0.29) is 0 Å². The number of hydrogen-bond acceptors (Lipinski definition) is 4. The molecule has 0 unspecified atom stereocenters. The zero-order valence-corrected chi connectivity index (χ0v) is 14.6. The fraction of sp³-hybridized carbons (Fsp3) is 0.278. The number of aliphatic imine (C=N–C) groups is 1. The van der Waals surface area contributed by atoms with Gasteiger partial charge < -0.3 is 14.8 Å². The number of methoxy groups -OCH3 is 1. The van der Waals surface area contributed by atoms with Crippen molar-refractivity contribution in [2.75, 3.05) is 20.2 Å². The van der Waals surface area contributed by atoms with Gasteiger partial charge in [0, 0.05) is 23.1 Å². The lowest BCUT2D eigenvalue weighted by Gasteiger charge is -2.19. The van der Waals surface area contributed by atoms with Crippen LogP contribution in [0.5, 0.6) is 11.5 Å². The van der Waals surface area contributed by atoms with Crippen molar-refractivity contribution in [2.24, 2.45) is 4.99 Å². The SMILES string of the molecule is COc1cccc(C2=NCCCN2)c1OCc1ccccc1Br. The van der Waals surface area contributed by atoms with Gasteiger partial charge in [0.2, 0.25) is 0 Å². The first kappa shape index (κ1) is 15.9. The highest BCUT2D eigenvalue weighted by Gasteiger charge is 2.17. The first-order chi connectivity index (χ1) is 11.3. The van der Waals surface area contributed by atoms with Crippen LogP contribution in [0, 0.1) is 0 Å². The number of rotatable bonds is 5. The van der Waals surface area contributed by atoms with Crippen LogP contribution < -0.4 is 14.8 Å². The molecule has 23 heavy (non-hydrogen) atoms. The first-order valence-corrected chi connectivity index (χ1v) is 8.41. The molecule has 0 aliphatic carbocycles. The molecule has 2 aromatic rings. The maximum Gasteiger partial charge on any atom is 0.172 e. The fourth-order valence-electron chi connectivity index (χ4n) is 2.49. The van der Waals surface area contributed by atoms with Crippen LogP contribution in [0.3, 0.4) is 0 Å². The Morgan fingerprint density at radius 2 is 2.04 bits per heavy atom. The molecule has 0 saturated carbocycles. The number of ether oxygens (including phenoxy) is 2. The molecule has 1 N–H and O–H groups in total. The molecule has 3 rings (SSSR count). The van der Waals surface area contributed by atoms with Crippen LogP contribution in [-0.4, -0.2) is 26.0 Å². The predicted molar refractivity (Wildman–Crippen MR) is 95.5 cm³/mol. The van der Waals surface area contributed by atoms with Crippen molar-refractivity contribution in [1.82, 2.24) is 5.32 Å². The van der Waals surface area contributed by atoms with Crippen molar-refractivity contribution >= 4 is 21.8 Å². The van der Waals surface area contributed by atoms with Gasteiger partial charge in [0.15, 0.2) is 11.5 Å². The van der Waals surface area contributed by atoms with Crippen LogP contribution in [0.15, 0.2) is 51.9 Å². The van der Waals surface area contributed by atoms with Crippen LogP contribution in [0.4, 0.5) is 0 Å². The third-order valence-electron chi connectivity index (χ3n) is 3.68. The van der Waals surface area contributed by atoms with Crippen molar-refractivity contribution in [3.8, 4) is 11.5 Å². The van der Waals surface area contributed by atoms with E-state index in [1.165, 1.54) is 0 Å². The molecule has 0 amide bonds. The van der Waals surface area contributed by atoms with Crippen LogP contribution in [0.25, 0.3) is 0 Å². The van der Waals surface area contributed by atoms with Gasteiger partial charge in [-0.15, -0.1) is 0 Å². The highest BCUT2D eigenvalue weighted by molar-refractivity contribution is 9.10. The normalized spacial score (nSPS) is 13.9. The maximum atomic E-state index is 6.10. The minimum atomic E-state index is 0.460. The summed E-state index contributed by atoms with van der Waals surface area (Å²) in [6.07, 6.45) is 1.06. The second-order valence-corrected chi connectivity index (χ2v) is 6.08. The Balaban J connectivity index is 1.90. The summed E-state index contributed by atoms with van der Waals surface area (Å²) in [5.74, 6) is 2.31. The smallest absolute Gasteiger partial charge is 0.172 e. The van der Waals surface area contributed by atoms with Crippen molar-refractivity contribution in [3.63, 3.8) is 0 Å². The van der Waals surface area contributed by atoms with Gasteiger partial charge in [-0.2, -0.15) is 0 Å². The van der Waals surface area contributed by atoms with Crippen molar-refractivity contribution in [3.05, 3.63) is 58.1 Å². The second-order valence-electron chi connectivity index (χ2n) is 5.23. The van der Waals surface area contributed by atoms with Gasteiger partial charge in [-0.1, -0.05) is 40.2 Å². The number of halogens is 1.